The number of amides is 2. The van der Waals surface area contributed by atoms with Crippen molar-refractivity contribution in [2.45, 2.75) is 12.3 Å². The molecule has 2 aliphatic rings. The minimum Gasteiger partial charge on any atom is -0.495 e. The molecule has 1 atom stereocenters. The third-order valence-electron chi connectivity index (χ3n) is 4.63. The van der Waals surface area contributed by atoms with Gasteiger partial charge in [-0.15, -0.1) is 0 Å². The van der Waals surface area contributed by atoms with Gasteiger partial charge in [0.25, 0.3) is 5.91 Å². The van der Waals surface area contributed by atoms with Crippen molar-refractivity contribution in [3.05, 3.63) is 41.7 Å². The molecule has 7 heteroatoms. The van der Waals surface area contributed by atoms with E-state index in [2.05, 4.69) is 10.3 Å². The highest BCUT2D eigenvalue weighted by Crippen LogP contribution is 2.44. The van der Waals surface area contributed by atoms with Gasteiger partial charge < -0.3 is 19.7 Å². The van der Waals surface area contributed by atoms with Crippen LogP contribution in [0, 0.1) is 0 Å². The Bertz CT molecular complexity index is 881. The minimum absolute atomic E-state index is 0.000530. The fourth-order valence-electron chi connectivity index (χ4n) is 3.26. The summed E-state index contributed by atoms with van der Waals surface area (Å²) in [4.78, 5) is 29.9. The van der Waals surface area contributed by atoms with Crippen molar-refractivity contribution in [3.63, 3.8) is 0 Å². The maximum Gasteiger partial charge on any atom is 0.264 e. The molecular weight excluding hydrogens is 322 g/mol. The van der Waals surface area contributed by atoms with Crippen LogP contribution in [0.25, 0.3) is 0 Å². The number of aromatic nitrogens is 1. The number of pyridine rings is 1. The van der Waals surface area contributed by atoms with Crippen molar-refractivity contribution in [1.82, 2.24) is 4.98 Å². The van der Waals surface area contributed by atoms with Crippen LogP contribution in [0.3, 0.4) is 0 Å². The molecule has 128 valence electrons. The first kappa shape index (κ1) is 15.4. The summed E-state index contributed by atoms with van der Waals surface area (Å²) in [7, 11) is 3.30. The summed E-state index contributed by atoms with van der Waals surface area (Å²) in [6.45, 7) is -0.000530. The zero-order valence-electron chi connectivity index (χ0n) is 13.9. The van der Waals surface area contributed by atoms with Crippen LogP contribution in [-0.2, 0) is 9.59 Å². The summed E-state index contributed by atoms with van der Waals surface area (Å²) in [6.07, 6.45) is 3.67. The average molecular weight is 339 g/mol. The number of methoxy groups -OCH3 is 1. The first-order valence-electron chi connectivity index (χ1n) is 7.93. The van der Waals surface area contributed by atoms with Gasteiger partial charge in [-0.1, -0.05) is 0 Å². The lowest BCUT2D eigenvalue weighted by molar-refractivity contribution is -0.121. The molecule has 0 saturated heterocycles. The van der Waals surface area contributed by atoms with E-state index in [0.717, 1.165) is 11.1 Å². The van der Waals surface area contributed by atoms with Crippen molar-refractivity contribution in [2.75, 3.05) is 31.0 Å². The van der Waals surface area contributed by atoms with Crippen LogP contribution in [0.5, 0.6) is 11.5 Å². The van der Waals surface area contributed by atoms with Gasteiger partial charge in [-0.2, -0.15) is 0 Å². The number of hydrogen-bond donors (Lipinski definition) is 1. The number of carbonyl (C=O) groups is 2. The monoisotopic (exact) mass is 339 g/mol. The van der Waals surface area contributed by atoms with Crippen LogP contribution in [0.15, 0.2) is 30.6 Å². The molecule has 1 aromatic carbocycles. The van der Waals surface area contributed by atoms with Gasteiger partial charge in [0.2, 0.25) is 5.91 Å². The second kappa shape index (κ2) is 5.77. The van der Waals surface area contributed by atoms with Gasteiger partial charge in [0, 0.05) is 37.3 Å². The minimum atomic E-state index is -0.165. The van der Waals surface area contributed by atoms with Crippen molar-refractivity contribution in [2.24, 2.45) is 0 Å². The smallest absolute Gasteiger partial charge is 0.264 e. The second-order valence-electron chi connectivity index (χ2n) is 6.11. The molecule has 0 radical (unpaired) electrons. The summed E-state index contributed by atoms with van der Waals surface area (Å²) in [5, 5.41) is 2.89. The summed E-state index contributed by atoms with van der Waals surface area (Å²) in [5.41, 5.74) is 3.22. The molecule has 1 N–H and O–H groups in total. The highest BCUT2D eigenvalue weighted by Gasteiger charge is 2.31. The van der Waals surface area contributed by atoms with E-state index >= 15 is 0 Å². The molecule has 0 spiro atoms. The number of hydrogen-bond acceptors (Lipinski definition) is 5. The predicted octanol–water partition coefficient (Wildman–Crippen LogP) is 1.92. The number of anilines is 2. The van der Waals surface area contributed by atoms with E-state index < -0.39 is 0 Å². The van der Waals surface area contributed by atoms with Gasteiger partial charge in [-0.3, -0.25) is 14.6 Å². The Labute approximate surface area is 144 Å². The molecule has 1 aromatic heterocycles. The first-order chi connectivity index (χ1) is 12.1. The summed E-state index contributed by atoms with van der Waals surface area (Å²) >= 11 is 0. The number of fused-ring (bicyclic) bond motifs is 2. The lowest BCUT2D eigenvalue weighted by atomic mass is 9.85. The molecule has 7 nitrogen and oxygen atoms in total. The van der Waals surface area contributed by atoms with Crippen LogP contribution in [0.4, 0.5) is 11.4 Å². The molecule has 3 heterocycles. The van der Waals surface area contributed by atoms with Crippen LogP contribution >= 0.6 is 0 Å². The van der Waals surface area contributed by atoms with Crippen molar-refractivity contribution in [1.29, 1.82) is 0 Å². The maximum absolute atomic E-state index is 12.2. The molecule has 0 bridgehead atoms. The molecule has 0 fully saturated rings. The Morgan fingerprint density at radius 3 is 2.92 bits per heavy atom. The quantitative estimate of drug-likeness (QED) is 0.904. The zero-order valence-corrected chi connectivity index (χ0v) is 13.9. The summed E-state index contributed by atoms with van der Waals surface area (Å²) < 4.78 is 10.8. The molecule has 2 aromatic rings. The fraction of sp³-hybridized carbons (Fsp3) is 0.278. The topological polar surface area (TPSA) is 80.8 Å². The molecule has 2 aliphatic heterocycles. The van der Waals surface area contributed by atoms with E-state index in [4.69, 9.17) is 9.47 Å². The van der Waals surface area contributed by atoms with Crippen LogP contribution in [-0.4, -0.2) is 37.6 Å². The fourth-order valence-corrected chi connectivity index (χ4v) is 3.26. The number of carbonyl (C=O) groups excluding carboxylic acids is 2. The molecular formula is C18H17N3O4. The van der Waals surface area contributed by atoms with Crippen LogP contribution in [0.2, 0.25) is 0 Å². The largest absolute Gasteiger partial charge is 0.495 e. The van der Waals surface area contributed by atoms with E-state index in [1.165, 1.54) is 0 Å². The lowest BCUT2D eigenvalue weighted by Crippen LogP contribution is -2.36. The highest BCUT2D eigenvalue weighted by atomic mass is 16.5. The summed E-state index contributed by atoms with van der Waals surface area (Å²) in [6, 6.07) is 5.57. The SMILES string of the molecule is COc1cncc(C2CC(=O)Nc3cc4c(cc32)N(C)C(=O)CO4)c1. The predicted molar refractivity (Wildman–Crippen MR) is 91.2 cm³/mol. The van der Waals surface area contributed by atoms with Gasteiger partial charge in [0.15, 0.2) is 6.61 Å². The van der Waals surface area contributed by atoms with E-state index in [0.29, 0.717) is 29.3 Å². The maximum atomic E-state index is 12.2. The van der Waals surface area contributed by atoms with Crippen molar-refractivity contribution < 1.29 is 19.1 Å². The molecule has 25 heavy (non-hydrogen) atoms. The standard InChI is InChI=1S/C18H17N3O4/c1-21-15-4-13-12(10-3-11(24-2)8-19-7-10)5-17(22)20-14(13)6-16(15)25-9-18(21)23/h3-4,6-8,12H,5,9H2,1-2H3,(H,20,22). The summed E-state index contributed by atoms with van der Waals surface area (Å²) in [5.74, 6) is 0.888. The Morgan fingerprint density at radius 2 is 2.12 bits per heavy atom. The molecule has 0 saturated carbocycles. The Hall–Kier alpha value is -3.09. The second-order valence-corrected chi connectivity index (χ2v) is 6.11. The molecule has 2 amide bonds. The van der Waals surface area contributed by atoms with E-state index in [1.807, 2.05) is 12.1 Å². The van der Waals surface area contributed by atoms with Crippen molar-refractivity contribution >= 4 is 23.2 Å². The third-order valence-corrected chi connectivity index (χ3v) is 4.63. The number of rotatable bonds is 2. The van der Waals surface area contributed by atoms with E-state index in [1.54, 1.807) is 37.5 Å². The van der Waals surface area contributed by atoms with Gasteiger partial charge >= 0.3 is 0 Å². The van der Waals surface area contributed by atoms with Crippen molar-refractivity contribution in [3.8, 4) is 11.5 Å². The lowest BCUT2D eigenvalue weighted by Gasteiger charge is -2.31. The van der Waals surface area contributed by atoms with Gasteiger partial charge in [-0.05, 0) is 23.3 Å². The normalized spacial score (nSPS) is 18.8. The average Bonchev–Trinajstić information content (AvgIpc) is 2.63. The number of likely N-dealkylation sites (N-methyl/N-ethyl adjacent to an activating group) is 1. The number of nitrogens with one attached hydrogen (secondary N) is 1. The molecule has 1 unspecified atom stereocenters. The van der Waals surface area contributed by atoms with Crippen LogP contribution in [0.1, 0.15) is 23.5 Å². The van der Waals surface area contributed by atoms with E-state index in [9.17, 15) is 9.59 Å². The van der Waals surface area contributed by atoms with Gasteiger partial charge in [-0.25, -0.2) is 0 Å². The number of nitrogens with zero attached hydrogens (tertiary/aromatic N) is 2. The third kappa shape index (κ3) is 2.57. The number of benzene rings is 1. The molecule has 0 aliphatic carbocycles. The molecule has 4 rings (SSSR count). The Balaban J connectivity index is 1.84. The number of ether oxygens (including phenoxy) is 2. The van der Waals surface area contributed by atoms with Gasteiger partial charge in [0.1, 0.15) is 11.5 Å². The van der Waals surface area contributed by atoms with Crippen LogP contribution < -0.4 is 19.7 Å². The van der Waals surface area contributed by atoms with Gasteiger partial charge in [0.05, 0.1) is 19.0 Å². The first-order valence-corrected chi connectivity index (χ1v) is 7.93. The Morgan fingerprint density at radius 1 is 1.28 bits per heavy atom. The van der Waals surface area contributed by atoms with E-state index in [-0.39, 0.29) is 24.3 Å². The highest BCUT2D eigenvalue weighted by molar-refractivity contribution is 6.00. The Kier molecular flexibility index (Phi) is 3.56. The zero-order chi connectivity index (χ0) is 17.6.